The van der Waals surface area contributed by atoms with Crippen molar-refractivity contribution in [1.29, 1.82) is 0 Å². The first-order valence-electron chi connectivity index (χ1n) is 6.20. The van der Waals surface area contributed by atoms with Crippen LogP contribution in [-0.2, 0) is 4.79 Å². The fourth-order valence-electron chi connectivity index (χ4n) is 2.24. The van der Waals surface area contributed by atoms with E-state index < -0.39 is 0 Å². The fourth-order valence-corrected chi connectivity index (χ4v) is 2.24. The number of piperidine rings is 1. The number of hydrogen-bond donors (Lipinski definition) is 2. The van der Waals surface area contributed by atoms with E-state index in [0.717, 1.165) is 44.7 Å². The number of halogens is 1. The van der Waals surface area contributed by atoms with Crippen LogP contribution in [0.3, 0.4) is 0 Å². The summed E-state index contributed by atoms with van der Waals surface area (Å²) < 4.78 is 0. The monoisotopic (exact) mass is 246 g/mol. The van der Waals surface area contributed by atoms with Crippen LogP contribution in [0.5, 0.6) is 0 Å². The molecule has 16 heavy (non-hydrogen) atoms. The molecular weight excluding hydrogens is 224 g/mol. The molecule has 0 aromatic carbocycles. The number of carbonyl (C=O) groups excluding carboxylic acids is 1. The van der Waals surface area contributed by atoms with E-state index in [1.807, 2.05) is 0 Å². The van der Waals surface area contributed by atoms with Crippen LogP contribution >= 0.6 is 12.4 Å². The number of hydrogen-bond acceptors (Lipinski definition) is 2. The highest BCUT2D eigenvalue weighted by Gasteiger charge is 2.29. The maximum Gasteiger partial charge on any atom is 0.220 e. The van der Waals surface area contributed by atoms with Crippen molar-refractivity contribution in [2.75, 3.05) is 13.1 Å². The predicted octanol–water partition coefficient (Wildman–Crippen LogP) is 1.86. The van der Waals surface area contributed by atoms with Gasteiger partial charge in [-0.3, -0.25) is 4.79 Å². The van der Waals surface area contributed by atoms with Gasteiger partial charge in [0.15, 0.2) is 0 Å². The molecule has 1 aliphatic heterocycles. The Morgan fingerprint density at radius 2 is 2.00 bits per heavy atom. The molecule has 4 heteroatoms. The largest absolute Gasteiger partial charge is 0.351 e. The molecule has 1 saturated carbocycles. The van der Waals surface area contributed by atoms with Gasteiger partial charge in [-0.05, 0) is 45.2 Å². The summed E-state index contributed by atoms with van der Waals surface area (Å²) in [7, 11) is 0. The molecule has 1 saturated heterocycles. The normalized spacial score (nSPS) is 23.3. The summed E-state index contributed by atoms with van der Waals surface area (Å²) in [5.74, 6) is 1.11. The zero-order chi connectivity index (χ0) is 10.7. The van der Waals surface area contributed by atoms with Crippen LogP contribution < -0.4 is 10.6 Å². The minimum Gasteiger partial charge on any atom is -0.351 e. The molecule has 2 fully saturated rings. The topological polar surface area (TPSA) is 41.1 Å². The summed E-state index contributed by atoms with van der Waals surface area (Å²) >= 11 is 0. The first-order chi connectivity index (χ1) is 7.18. The van der Waals surface area contributed by atoms with Crippen molar-refractivity contribution in [2.45, 2.75) is 51.0 Å². The number of carbonyl (C=O) groups is 1. The maximum atomic E-state index is 11.7. The van der Waals surface area contributed by atoms with E-state index in [-0.39, 0.29) is 23.9 Å². The van der Waals surface area contributed by atoms with Crippen LogP contribution in [0.4, 0.5) is 0 Å². The standard InChI is InChI=1S/C12H22N2O.ClH/c1-12(6-8-13-9-7-12)14-11(15)5-4-10-2-3-10;/h10,13H,2-9H2,1H3,(H,14,15);1H. The van der Waals surface area contributed by atoms with Crippen molar-refractivity contribution in [1.82, 2.24) is 10.6 Å². The minimum absolute atomic E-state index is 0. The molecule has 2 N–H and O–H groups in total. The SMILES string of the molecule is CC1(NC(=O)CCC2CC2)CCNCC1.Cl. The second-order valence-corrected chi connectivity index (χ2v) is 5.34. The molecule has 1 aliphatic carbocycles. The Hall–Kier alpha value is -0.280. The van der Waals surface area contributed by atoms with Gasteiger partial charge in [-0.2, -0.15) is 0 Å². The van der Waals surface area contributed by atoms with E-state index in [9.17, 15) is 4.79 Å². The number of amides is 1. The Bertz CT molecular complexity index is 235. The molecule has 0 aromatic heterocycles. The highest BCUT2D eigenvalue weighted by atomic mass is 35.5. The summed E-state index contributed by atoms with van der Waals surface area (Å²) in [6.45, 7) is 4.22. The van der Waals surface area contributed by atoms with Crippen LogP contribution in [-0.4, -0.2) is 24.5 Å². The second-order valence-electron chi connectivity index (χ2n) is 5.34. The first kappa shape index (κ1) is 13.8. The summed E-state index contributed by atoms with van der Waals surface area (Å²) in [5, 5.41) is 6.52. The van der Waals surface area contributed by atoms with Gasteiger partial charge < -0.3 is 10.6 Å². The van der Waals surface area contributed by atoms with E-state index in [1.54, 1.807) is 0 Å². The molecule has 0 spiro atoms. The first-order valence-corrected chi connectivity index (χ1v) is 6.20. The molecule has 0 atom stereocenters. The predicted molar refractivity (Wildman–Crippen MR) is 67.9 cm³/mol. The van der Waals surface area contributed by atoms with E-state index in [0.29, 0.717) is 0 Å². The van der Waals surface area contributed by atoms with Gasteiger partial charge in [0.05, 0.1) is 0 Å². The van der Waals surface area contributed by atoms with E-state index >= 15 is 0 Å². The minimum atomic E-state index is 0. The van der Waals surface area contributed by atoms with Crippen molar-refractivity contribution in [2.24, 2.45) is 5.92 Å². The van der Waals surface area contributed by atoms with Crippen molar-refractivity contribution in [3.8, 4) is 0 Å². The van der Waals surface area contributed by atoms with Gasteiger partial charge in [0.25, 0.3) is 0 Å². The zero-order valence-electron chi connectivity index (χ0n) is 10.1. The number of nitrogens with one attached hydrogen (secondary N) is 2. The maximum absolute atomic E-state index is 11.7. The molecule has 0 aromatic rings. The average molecular weight is 247 g/mol. The van der Waals surface area contributed by atoms with Gasteiger partial charge in [-0.1, -0.05) is 12.8 Å². The average Bonchev–Trinajstić information content (AvgIpc) is 2.98. The molecule has 2 rings (SSSR count). The third-order valence-corrected chi connectivity index (χ3v) is 3.62. The van der Waals surface area contributed by atoms with E-state index in [2.05, 4.69) is 17.6 Å². The van der Waals surface area contributed by atoms with Crippen molar-refractivity contribution >= 4 is 18.3 Å². The Morgan fingerprint density at radius 3 is 2.56 bits per heavy atom. The lowest BCUT2D eigenvalue weighted by Gasteiger charge is -2.35. The summed E-state index contributed by atoms with van der Waals surface area (Å²) in [6, 6.07) is 0. The van der Waals surface area contributed by atoms with Crippen molar-refractivity contribution < 1.29 is 4.79 Å². The molecule has 3 nitrogen and oxygen atoms in total. The zero-order valence-corrected chi connectivity index (χ0v) is 10.9. The Kier molecular flexibility index (Phi) is 5.06. The molecule has 94 valence electrons. The van der Waals surface area contributed by atoms with Crippen LogP contribution in [0.2, 0.25) is 0 Å². The highest BCUT2D eigenvalue weighted by Crippen LogP contribution is 2.33. The quantitative estimate of drug-likeness (QED) is 0.795. The van der Waals surface area contributed by atoms with Gasteiger partial charge in [0, 0.05) is 12.0 Å². The lowest BCUT2D eigenvalue weighted by Crippen LogP contribution is -2.52. The van der Waals surface area contributed by atoms with Crippen LogP contribution in [0.15, 0.2) is 0 Å². The van der Waals surface area contributed by atoms with Gasteiger partial charge in [0.2, 0.25) is 5.91 Å². The Labute approximate surface area is 104 Å². The van der Waals surface area contributed by atoms with E-state index in [4.69, 9.17) is 0 Å². The van der Waals surface area contributed by atoms with Gasteiger partial charge in [0.1, 0.15) is 0 Å². The van der Waals surface area contributed by atoms with Gasteiger partial charge >= 0.3 is 0 Å². The number of rotatable bonds is 4. The molecule has 1 heterocycles. The molecule has 0 unspecified atom stereocenters. The van der Waals surface area contributed by atoms with Crippen LogP contribution in [0.25, 0.3) is 0 Å². The van der Waals surface area contributed by atoms with Crippen LogP contribution in [0, 0.1) is 5.92 Å². The second kappa shape index (κ2) is 5.87. The fraction of sp³-hybridized carbons (Fsp3) is 0.917. The molecular formula is C12H23ClN2O. The van der Waals surface area contributed by atoms with Gasteiger partial charge in [-0.25, -0.2) is 0 Å². The molecule has 1 amide bonds. The lowest BCUT2D eigenvalue weighted by molar-refractivity contribution is -0.123. The third kappa shape index (κ3) is 4.30. The lowest BCUT2D eigenvalue weighted by atomic mass is 9.90. The molecule has 0 radical (unpaired) electrons. The smallest absolute Gasteiger partial charge is 0.220 e. The van der Waals surface area contributed by atoms with Crippen molar-refractivity contribution in [3.63, 3.8) is 0 Å². The molecule has 0 bridgehead atoms. The van der Waals surface area contributed by atoms with E-state index in [1.165, 1.54) is 12.8 Å². The summed E-state index contributed by atoms with van der Waals surface area (Å²) in [5.41, 5.74) is 0.0475. The third-order valence-electron chi connectivity index (χ3n) is 3.62. The Balaban J connectivity index is 0.00000128. The molecule has 2 aliphatic rings. The van der Waals surface area contributed by atoms with Gasteiger partial charge in [-0.15, -0.1) is 12.4 Å². The van der Waals surface area contributed by atoms with Crippen molar-refractivity contribution in [3.05, 3.63) is 0 Å². The summed E-state index contributed by atoms with van der Waals surface area (Å²) in [6.07, 6.45) is 6.63. The Morgan fingerprint density at radius 1 is 1.38 bits per heavy atom. The summed E-state index contributed by atoms with van der Waals surface area (Å²) in [4.78, 5) is 11.7. The highest BCUT2D eigenvalue weighted by molar-refractivity contribution is 5.85. The van der Waals surface area contributed by atoms with Crippen LogP contribution in [0.1, 0.15) is 45.4 Å².